The Morgan fingerprint density at radius 2 is 2.08 bits per heavy atom. The highest BCUT2D eigenvalue weighted by molar-refractivity contribution is 6.09. The van der Waals surface area contributed by atoms with E-state index in [1.54, 1.807) is 0 Å². The molecule has 0 bridgehead atoms. The third-order valence-corrected chi connectivity index (χ3v) is 2.35. The van der Waals surface area contributed by atoms with Gasteiger partial charge in [-0.1, -0.05) is 18.2 Å². The summed E-state index contributed by atoms with van der Waals surface area (Å²) >= 11 is 0. The lowest BCUT2D eigenvalue weighted by atomic mass is 10.0. The van der Waals surface area contributed by atoms with Crippen LogP contribution in [-0.4, -0.2) is 11.9 Å². The molecule has 2 aliphatic heterocycles. The van der Waals surface area contributed by atoms with E-state index in [0.29, 0.717) is 0 Å². The first-order valence-corrected chi connectivity index (χ1v) is 4.32. The van der Waals surface area contributed by atoms with Gasteiger partial charge in [0, 0.05) is 11.8 Å². The summed E-state index contributed by atoms with van der Waals surface area (Å²) in [5.41, 5.74) is 3.34. The molecule has 0 aliphatic carbocycles. The van der Waals surface area contributed by atoms with Crippen molar-refractivity contribution in [2.24, 2.45) is 9.98 Å². The Hall–Kier alpha value is -1.70. The highest BCUT2D eigenvalue weighted by Crippen LogP contribution is 2.36. The van der Waals surface area contributed by atoms with E-state index in [1.165, 1.54) is 5.56 Å². The predicted molar refractivity (Wildman–Crippen MR) is 53.9 cm³/mol. The molecule has 1 aromatic carbocycles. The summed E-state index contributed by atoms with van der Waals surface area (Å²) in [7, 11) is 0. The zero-order valence-electron chi connectivity index (χ0n) is 7.01. The fourth-order valence-corrected chi connectivity index (χ4v) is 1.74. The molecule has 0 saturated heterocycles. The maximum Gasteiger partial charge on any atom is 0.119 e. The first kappa shape index (κ1) is 6.78. The molecule has 0 aromatic heterocycles. The van der Waals surface area contributed by atoms with E-state index in [1.807, 2.05) is 36.6 Å². The van der Waals surface area contributed by atoms with Crippen LogP contribution in [0.5, 0.6) is 0 Å². The Kier molecular flexibility index (Phi) is 1.25. The normalized spacial score (nSPS) is 22.5. The molecule has 2 nitrogen and oxygen atoms in total. The van der Waals surface area contributed by atoms with Crippen molar-refractivity contribution in [3.05, 3.63) is 42.0 Å². The molecule has 2 heterocycles. The molecular formula is C11H8N2. The summed E-state index contributed by atoms with van der Waals surface area (Å²) in [4.78, 5) is 8.88. The van der Waals surface area contributed by atoms with Gasteiger partial charge in [0.25, 0.3) is 0 Å². The van der Waals surface area contributed by atoms with Crippen LogP contribution in [0.3, 0.4) is 0 Å². The number of aliphatic imine (C=N–C) groups is 2. The Bertz CT molecular complexity index is 441. The minimum absolute atomic E-state index is 0.154. The van der Waals surface area contributed by atoms with E-state index in [0.717, 1.165) is 11.4 Å². The Balaban J connectivity index is 2.22. The van der Waals surface area contributed by atoms with Gasteiger partial charge in [0.1, 0.15) is 6.04 Å². The molecule has 0 fully saturated rings. The van der Waals surface area contributed by atoms with Crippen LogP contribution in [0.25, 0.3) is 0 Å². The number of nitrogens with zero attached hydrogens (tertiary/aromatic N) is 2. The van der Waals surface area contributed by atoms with Crippen LogP contribution in [0.1, 0.15) is 11.6 Å². The molecule has 0 N–H and O–H groups in total. The lowest BCUT2D eigenvalue weighted by Crippen LogP contribution is -2.05. The molecular weight excluding hydrogens is 160 g/mol. The lowest BCUT2D eigenvalue weighted by molar-refractivity contribution is 0.998. The molecule has 62 valence electrons. The van der Waals surface area contributed by atoms with Gasteiger partial charge in [-0.2, -0.15) is 0 Å². The zero-order valence-corrected chi connectivity index (χ0v) is 7.01. The first-order chi connectivity index (χ1) is 6.45. The number of hydrogen-bond donors (Lipinski definition) is 0. The second-order valence-electron chi connectivity index (χ2n) is 3.16. The fourth-order valence-electron chi connectivity index (χ4n) is 1.74. The summed E-state index contributed by atoms with van der Waals surface area (Å²) in [6, 6.07) is 8.32. The van der Waals surface area contributed by atoms with Crippen LogP contribution in [0.4, 0.5) is 5.69 Å². The summed E-state index contributed by atoms with van der Waals surface area (Å²) in [5.74, 6) is 0. The molecule has 13 heavy (non-hydrogen) atoms. The Labute approximate surface area is 76.3 Å². The van der Waals surface area contributed by atoms with Gasteiger partial charge in [-0.3, -0.25) is 9.98 Å². The third-order valence-electron chi connectivity index (χ3n) is 2.35. The van der Waals surface area contributed by atoms with Crippen molar-refractivity contribution < 1.29 is 0 Å². The minimum Gasteiger partial charge on any atom is -0.279 e. The van der Waals surface area contributed by atoms with Gasteiger partial charge < -0.3 is 0 Å². The molecule has 0 radical (unpaired) electrons. The van der Waals surface area contributed by atoms with Crippen molar-refractivity contribution in [2.75, 3.05) is 0 Å². The quantitative estimate of drug-likeness (QED) is 0.568. The van der Waals surface area contributed by atoms with E-state index >= 15 is 0 Å². The first-order valence-electron chi connectivity index (χ1n) is 4.32. The Morgan fingerprint density at radius 1 is 1.15 bits per heavy atom. The monoisotopic (exact) mass is 168 g/mol. The van der Waals surface area contributed by atoms with Crippen molar-refractivity contribution in [2.45, 2.75) is 6.04 Å². The number of fused-ring (bicyclic) bond motifs is 3. The van der Waals surface area contributed by atoms with Crippen LogP contribution in [0.2, 0.25) is 0 Å². The highest BCUT2D eigenvalue weighted by Gasteiger charge is 2.24. The summed E-state index contributed by atoms with van der Waals surface area (Å²) in [6.07, 6.45) is 5.80. The average Bonchev–Trinajstić information content (AvgIpc) is 2.56. The van der Waals surface area contributed by atoms with E-state index in [9.17, 15) is 0 Å². The molecule has 0 spiro atoms. The number of hydrogen-bond acceptors (Lipinski definition) is 2. The van der Waals surface area contributed by atoms with Crippen molar-refractivity contribution in [1.82, 2.24) is 0 Å². The van der Waals surface area contributed by atoms with Gasteiger partial charge in [0.05, 0.1) is 11.4 Å². The zero-order chi connectivity index (χ0) is 8.67. The van der Waals surface area contributed by atoms with Gasteiger partial charge in [-0.05, 0) is 18.2 Å². The number of rotatable bonds is 0. The van der Waals surface area contributed by atoms with Crippen LogP contribution >= 0.6 is 0 Å². The SMILES string of the molecule is C1=CC2=Nc3ccccc3C2N=C1. The topological polar surface area (TPSA) is 24.7 Å². The molecule has 2 heteroatoms. The van der Waals surface area contributed by atoms with Crippen LogP contribution in [0, 0.1) is 0 Å². The Morgan fingerprint density at radius 3 is 3.08 bits per heavy atom. The van der Waals surface area contributed by atoms with Gasteiger partial charge in [-0.15, -0.1) is 0 Å². The van der Waals surface area contributed by atoms with E-state index in [4.69, 9.17) is 0 Å². The van der Waals surface area contributed by atoms with Gasteiger partial charge >= 0.3 is 0 Å². The van der Waals surface area contributed by atoms with Gasteiger partial charge in [-0.25, -0.2) is 0 Å². The standard InChI is InChI=1S/C11H8N2/c1-2-5-9-8(4-1)11-10(13-9)6-3-7-12-11/h1-7,11H. The molecule has 1 aromatic rings. The second-order valence-corrected chi connectivity index (χ2v) is 3.16. The molecule has 0 amide bonds. The van der Waals surface area contributed by atoms with E-state index in [2.05, 4.69) is 16.1 Å². The van der Waals surface area contributed by atoms with Crippen molar-refractivity contribution in [1.29, 1.82) is 0 Å². The number of para-hydroxylation sites is 1. The summed E-state index contributed by atoms with van der Waals surface area (Å²) < 4.78 is 0. The maximum absolute atomic E-state index is 4.49. The maximum atomic E-state index is 4.49. The van der Waals surface area contributed by atoms with Crippen molar-refractivity contribution >= 4 is 17.6 Å². The van der Waals surface area contributed by atoms with Crippen LogP contribution in [-0.2, 0) is 0 Å². The smallest absolute Gasteiger partial charge is 0.119 e. The predicted octanol–water partition coefficient (Wildman–Crippen LogP) is 2.45. The summed E-state index contributed by atoms with van der Waals surface area (Å²) in [6.45, 7) is 0. The van der Waals surface area contributed by atoms with E-state index < -0.39 is 0 Å². The molecule has 3 rings (SSSR count). The number of benzene rings is 1. The number of allylic oxidation sites excluding steroid dienone is 1. The third kappa shape index (κ3) is 0.886. The van der Waals surface area contributed by atoms with Crippen LogP contribution < -0.4 is 0 Å². The van der Waals surface area contributed by atoms with Crippen molar-refractivity contribution in [3.8, 4) is 0 Å². The van der Waals surface area contributed by atoms with E-state index in [-0.39, 0.29) is 6.04 Å². The molecule has 1 unspecified atom stereocenters. The molecule has 1 atom stereocenters. The van der Waals surface area contributed by atoms with Gasteiger partial charge in [0.15, 0.2) is 0 Å². The highest BCUT2D eigenvalue weighted by atomic mass is 14.9. The largest absolute Gasteiger partial charge is 0.279 e. The van der Waals surface area contributed by atoms with Crippen LogP contribution in [0.15, 0.2) is 46.4 Å². The fraction of sp³-hybridized carbons (Fsp3) is 0.0909. The second kappa shape index (κ2) is 2.39. The summed E-state index contributed by atoms with van der Waals surface area (Å²) in [5, 5.41) is 0. The molecule has 0 saturated carbocycles. The minimum atomic E-state index is 0.154. The van der Waals surface area contributed by atoms with Gasteiger partial charge in [0.2, 0.25) is 0 Å². The molecule has 2 aliphatic rings. The lowest BCUT2D eigenvalue weighted by Gasteiger charge is -2.08. The number of dihydropyridines is 1. The van der Waals surface area contributed by atoms with Crippen molar-refractivity contribution in [3.63, 3.8) is 0 Å². The average molecular weight is 168 g/mol.